The first-order valence-electron chi connectivity index (χ1n) is 4.97. The Morgan fingerprint density at radius 2 is 2.00 bits per heavy atom. The Bertz CT molecular complexity index is 485. The molecule has 7 nitrogen and oxygen atoms in total. The quantitative estimate of drug-likeness (QED) is 0.738. The first kappa shape index (κ1) is 12.1. The summed E-state index contributed by atoms with van der Waals surface area (Å²) in [5, 5.41) is 21.9. The maximum Gasteiger partial charge on any atom is 0.407 e. The molecule has 0 bridgehead atoms. The Balaban J connectivity index is 2.40. The van der Waals surface area contributed by atoms with Crippen LogP contribution in [-0.4, -0.2) is 43.5 Å². The lowest BCUT2D eigenvalue weighted by molar-refractivity contribution is 0.0688. The molecule has 1 amide bonds. The molecular weight excluding hydrogens is 341 g/mol. The monoisotopic (exact) mass is 351 g/mol. The standard InChI is InChI=1S/C9H10IN3O4/c10-6-5-4-12(9(16)17)2-1-3-13(5)11-7(6)8(14)15/h1-4H2,(H,14,15)(H,16,17). The SMILES string of the molecule is O=C(O)c1nn2c(c1I)CN(C(=O)O)CCC2. The number of carboxylic acids is 1. The molecule has 2 N–H and O–H groups in total. The van der Waals surface area contributed by atoms with Crippen LogP contribution in [0.5, 0.6) is 0 Å². The lowest BCUT2D eigenvalue weighted by atomic mass is 10.3. The van der Waals surface area contributed by atoms with Gasteiger partial charge in [-0.1, -0.05) is 0 Å². The fourth-order valence-corrected chi connectivity index (χ4v) is 2.57. The molecular formula is C9H10IN3O4. The molecule has 92 valence electrons. The number of aryl methyl sites for hydroxylation is 1. The van der Waals surface area contributed by atoms with Gasteiger partial charge in [-0.05, 0) is 29.0 Å². The minimum absolute atomic E-state index is 0.00663. The third-order valence-electron chi connectivity index (χ3n) is 2.61. The predicted octanol–water partition coefficient (Wildman–Crippen LogP) is 1.07. The van der Waals surface area contributed by atoms with Gasteiger partial charge in [-0.25, -0.2) is 9.59 Å². The van der Waals surface area contributed by atoms with Gasteiger partial charge in [-0.15, -0.1) is 0 Å². The van der Waals surface area contributed by atoms with E-state index in [1.807, 2.05) is 22.6 Å². The highest BCUT2D eigenvalue weighted by molar-refractivity contribution is 14.1. The second kappa shape index (κ2) is 4.51. The molecule has 0 saturated heterocycles. The van der Waals surface area contributed by atoms with E-state index in [9.17, 15) is 9.59 Å². The zero-order chi connectivity index (χ0) is 12.6. The molecule has 1 aliphatic rings. The van der Waals surface area contributed by atoms with Crippen LogP contribution in [-0.2, 0) is 13.1 Å². The van der Waals surface area contributed by atoms with Crippen molar-refractivity contribution >= 4 is 34.7 Å². The Morgan fingerprint density at radius 1 is 1.29 bits per heavy atom. The van der Waals surface area contributed by atoms with Crippen LogP contribution in [0.25, 0.3) is 0 Å². The molecule has 0 atom stereocenters. The molecule has 1 aromatic heterocycles. The first-order chi connectivity index (χ1) is 8.00. The molecule has 0 unspecified atom stereocenters. The van der Waals surface area contributed by atoms with E-state index in [-0.39, 0.29) is 12.2 Å². The van der Waals surface area contributed by atoms with E-state index in [0.717, 1.165) is 0 Å². The van der Waals surface area contributed by atoms with Crippen molar-refractivity contribution in [1.29, 1.82) is 0 Å². The number of halogens is 1. The largest absolute Gasteiger partial charge is 0.476 e. The summed E-state index contributed by atoms with van der Waals surface area (Å²) in [5.74, 6) is -1.09. The highest BCUT2D eigenvalue weighted by Crippen LogP contribution is 2.21. The molecule has 0 fully saturated rings. The van der Waals surface area contributed by atoms with Crippen molar-refractivity contribution in [2.24, 2.45) is 0 Å². The van der Waals surface area contributed by atoms with Crippen molar-refractivity contribution in [2.75, 3.05) is 6.54 Å². The Hall–Kier alpha value is -1.32. The van der Waals surface area contributed by atoms with Gasteiger partial charge in [-0.3, -0.25) is 4.68 Å². The predicted molar refractivity (Wildman–Crippen MR) is 65.0 cm³/mol. The number of amides is 1. The maximum absolute atomic E-state index is 10.9. The maximum atomic E-state index is 10.9. The van der Waals surface area contributed by atoms with Gasteiger partial charge >= 0.3 is 12.1 Å². The molecule has 17 heavy (non-hydrogen) atoms. The van der Waals surface area contributed by atoms with Crippen LogP contribution in [0.4, 0.5) is 4.79 Å². The number of aromatic nitrogens is 2. The van der Waals surface area contributed by atoms with Gasteiger partial charge in [0.25, 0.3) is 0 Å². The van der Waals surface area contributed by atoms with Crippen molar-refractivity contribution in [2.45, 2.75) is 19.5 Å². The van der Waals surface area contributed by atoms with Crippen molar-refractivity contribution < 1.29 is 19.8 Å². The van der Waals surface area contributed by atoms with Crippen LogP contribution in [0, 0.1) is 3.57 Å². The van der Waals surface area contributed by atoms with Crippen molar-refractivity contribution in [1.82, 2.24) is 14.7 Å². The van der Waals surface area contributed by atoms with E-state index in [1.165, 1.54) is 4.90 Å². The topological polar surface area (TPSA) is 95.7 Å². The van der Waals surface area contributed by atoms with Gasteiger partial charge in [0.05, 0.1) is 15.8 Å². The van der Waals surface area contributed by atoms with E-state index in [2.05, 4.69) is 5.10 Å². The summed E-state index contributed by atoms with van der Waals surface area (Å²) < 4.78 is 2.11. The highest BCUT2D eigenvalue weighted by Gasteiger charge is 2.25. The summed E-state index contributed by atoms with van der Waals surface area (Å²) in [6.45, 7) is 1.17. The third-order valence-corrected chi connectivity index (χ3v) is 3.74. The molecule has 0 saturated carbocycles. The minimum atomic E-state index is -1.09. The summed E-state index contributed by atoms with van der Waals surface area (Å²) in [4.78, 5) is 23.1. The van der Waals surface area contributed by atoms with E-state index < -0.39 is 12.1 Å². The number of hydrogen-bond acceptors (Lipinski definition) is 3. The molecule has 0 aliphatic carbocycles. The molecule has 2 rings (SSSR count). The van der Waals surface area contributed by atoms with Crippen LogP contribution in [0.3, 0.4) is 0 Å². The molecule has 0 aromatic carbocycles. The van der Waals surface area contributed by atoms with Crippen LogP contribution in [0.2, 0.25) is 0 Å². The minimum Gasteiger partial charge on any atom is -0.476 e. The Kier molecular flexibility index (Phi) is 3.22. The zero-order valence-electron chi connectivity index (χ0n) is 8.76. The molecule has 0 radical (unpaired) electrons. The Morgan fingerprint density at radius 3 is 2.59 bits per heavy atom. The van der Waals surface area contributed by atoms with Crippen molar-refractivity contribution in [3.8, 4) is 0 Å². The van der Waals surface area contributed by atoms with E-state index >= 15 is 0 Å². The number of rotatable bonds is 1. The molecule has 1 aliphatic heterocycles. The fraction of sp³-hybridized carbons (Fsp3) is 0.444. The van der Waals surface area contributed by atoms with E-state index in [1.54, 1.807) is 4.68 Å². The lowest BCUT2D eigenvalue weighted by Crippen LogP contribution is -2.29. The van der Waals surface area contributed by atoms with Gasteiger partial charge in [0.1, 0.15) is 0 Å². The van der Waals surface area contributed by atoms with Crippen molar-refractivity contribution in [3.05, 3.63) is 15.0 Å². The van der Waals surface area contributed by atoms with Crippen LogP contribution < -0.4 is 0 Å². The summed E-state index contributed by atoms with van der Waals surface area (Å²) in [6, 6.07) is 0. The zero-order valence-corrected chi connectivity index (χ0v) is 10.9. The molecule has 2 heterocycles. The van der Waals surface area contributed by atoms with Gasteiger partial charge in [0.15, 0.2) is 5.69 Å². The van der Waals surface area contributed by atoms with Crippen molar-refractivity contribution in [3.63, 3.8) is 0 Å². The van der Waals surface area contributed by atoms with E-state index in [4.69, 9.17) is 10.2 Å². The van der Waals surface area contributed by atoms with Gasteiger partial charge in [0, 0.05) is 13.1 Å². The number of carboxylic acid groups (broad SMARTS) is 2. The number of nitrogens with zero attached hydrogens (tertiary/aromatic N) is 3. The molecule has 1 aromatic rings. The average Bonchev–Trinajstić information content (AvgIpc) is 2.47. The third kappa shape index (κ3) is 2.21. The molecule has 8 heteroatoms. The second-order valence-corrected chi connectivity index (χ2v) is 4.77. The summed E-state index contributed by atoms with van der Waals surface area (Å²) >= 11 is 1.90. The number of fused-ring (bicyclic) bond motifs is 1. The van der Waals surface area contributed by atoms with Crippen LogP contribution in [0.1, 0.15) is 22.6 Å². The van der Waals surface area contributed by atoms with Gasteiger partial charge in [0.2, 0.25) is 0 Å². The van der Waals surface area contributed by atoms with Gasteiger partial charge in [-0.2, -0.15) is 5.10 Å². The number of aromatic carboxylic acids is 1. The average molecular weight is 351 g/mol. The summed E-state index contributed by atoms with van der Waals surface area (Å²) in [5.41, 5.74) is 0.649. The normalized spacial score (nSPS) is 15.2. The second-order valence-electron chi connectivity index (χ2n) is 3.70. The smallest absolute Gasteiger partial charge is 0.407 e. The highest BCUT2D eigenvalue weighted by atomic mass is 127. The van der Waals surface area contributed by atoms with E-state index in [0.29, 0.717) is 28.8 Å². The Labute approximate surface area is 110 Å². The molecule has 0 spiro atoms. The number of hydrogen-bond donors (Lipinski definition) is 2. The first-order valence-corrected chi connectivity index (χ1v) is 6.05. The van der Waals surface area contributed by atoms with Crippen LogP contribution in [0.15, 0.2) is 0 Å². The summed E-state index contributed by atoms with van der Waals surface area (Å²) in [6.07, 6.45) is -0.358. The van der Waals surface area contributed by atoms with Crippen LogP contribution >= 0.6 is 22.6 Å². The fourth-order valence-electron chi connectivity index (χ4n) is 1.78. The summed E-state index contributed by atoms with van der Waals surface area (Å²) in [7, 11) is 0. The van der Waals surface area contributed by atoms with Gasteiger partial charge < -0.3 is 15.1 Å². The number of carbonyl (C=O) groups is 2. The lowest BCUT2D eigenvalue weighted by Gasteiger charge is -2.15.